The third kappa shape index (κ3) is 3.35. The predicted molar refractivity (Wildman–Crippen MR) is 79.0 cm³/mol. The average molecular weight is 281 g/mol. The van der Waals surface area contributed by atoms with Gasteiger partial charge in [0.15, 0.2) is 0 Å². The molecule has 6 nitrogen and oxygen atoms in total. The summed E-state index contributed by atoms with van der Waals surface area (Å²) in [6.45, 7) is 0.403. The van der Waals surface area contributed by atoms with Gasteiger partial charge >= 0.3 is 0 Å². The number of carbonyl (C=O) groups excluding carboxylic acids is 1. The largest absolute Gasteiger partial charge is 0.337 e. The van der Waals surface area contributed by atoms with Crippen molar-refractivity contribution in [3.63, 3.8) is 0 Å². The standard InChI is InChI=1S/C15H15N5O/c1-20(10-12-4-2-3-11(7-12)8-16)15(21)13-5-6-18-9-14(13)19-17/h2-7,9,19H,10,17H2,1H3. The van der Waals surface area contributed by atoms with E-state index in [0.29, 0.717) is 23.4 Å². The molecular formula is C15H15N5O. The fourth-order valence-electron chi connectivity index (χ4n) is 1.99. The summed E-state index contributed by atoms with van der Waals surface area (Å²) in [4.78, 5) is 17.9. The lowest BCUT2D eigenvalue weighted by molar-refractivity contribution is 0.0786. The molecule has 21 heavy (non-hydrogen) atoms. The quantitative estimate of drug-likeness (QED) is 0.654. The number of rotatable bonds is 4. The Hall–Kier alpha value is -2.91. The van der Waals surface area contributed by atoms with Gasteiger partial charge in [-0.05, 0) is 23.8 Å². The van der Waals surface area contributed by atoms with Crippen molar-refractivity contribution in [2.45, 2.75) is 6.54 Å². The number of amides is 1. The zero-order valence-electron chi connectivity index (χ0n) is 11.6. The molecule has 0 aliphatic carbocycles. The van der Waals surface area contributed by atoms with Gasteiger partial charge in [0.2, 0.25) is 0 Å². The molecule has 0 bridgehead atoms. The molecule has 6 heteroatoms. The Balaban J connectivity index is 2.18. The molecule has 0 unspecified atom stereocenters. The SMILES string of the molecule is CN(Cc1cccc(C#N)c1)C(=O)c1ccncc1NN. The molecule has 1 aromatic carbocycles. The molecule has 0 aliphatic rings. The van der Waals surface area contributed by atoms with Gasteiger partial charge in [0.05, 0.1) is 29.1 Å². The second-order valence-corrected chi connectivity index (χ2v) is 4.54. The minimum atomic E-state index is -0.173. The van der Waals surface area contributed by atoms with E-state index in [1.807, 2.05) is 6.07 Å². The number of nitrogens with zero attached hydrogens (tertiary/aromatic N) is 3. The number of hydrazine groups is 1. The van der Waals surface area contributed by atoms with Gasteiger partial charge in [-0.2, -0.15) is 5.26 Å². The highest BCUT2D eigenvalue weighted by atomic mass is 16.2. The van der Waals surface area contributed by atoms with E-state index in [-0.39, 0.29) is 5.91 Å². The van der Waals surface area contributed by atoms with Crippen molar-refractivity contribution >= 4 is 11.6 Å². The summed E-state index contributed by atoms with van der Waals surface area (Å²) < 4.78 is 0. The van der Waals surface area contributed by atoms with E-state index < -0.39 is 0 Å². The molecule has 0 saturated carbocycles. The van der Waals surface area contributed by atoms with Crippen LogP contribution in [0.4, 0.5) is 5.69 Å². The number of hydrogen-bond donors (Lipinski definition) is 2. The van der Waals surface area contributed by atoms with Gasteiger partial charge in [0.1, 0.15) is 0 Å². The highest BCUT2D eigenvalue weighted by molar-refractivity contribution is 5.99. The van der Waals surface area contributed by atoms with E-state index in [0.717, 1.165) is 5.56 Å². The van der Waals surface area contributed by atoms with Crippen molar-refractivity contribution in [2.75, 3.05) is 12.5 Å². The molecule has 1 aromatic heterocycles. The van der Waals surface area contributed by atoms with Crippen LogP contribution in [0.2, 0.25) is 0 Å². The summed E-state index contributed by atoms with van der Waals surface area (Å²) in [6.07, 6.45) is 3.04. The van der Waals surface area contributed by atoms with Crippen LogP contribution in [-0.2, 0) is 6.54 Å². The number of nitrogen functional groups attached to an aromatic ring is 1. The Morgan fingerprint density at radius 2 is 2.29 bits per heavy atom. The zero-order chi connectivity index (χ0) is 15.2. The lowest BCUT2D eigenvalue weighted by Gasteiger charge is -2.19. The Labute approximate surface area is 122 Å². The van der Waals surface area contributed by atoms with Crippen LogP contribution in [0.3, 0.4) is 0 Å². The summed E-state index contributed by atoms with van der Waals surface area (Å²) in [5, 5.41) is 8.89. The average Bonchev–Trinajstić information content (AvgIpc) is 2.54. The van der Waals surface area contributed by atoms with E-state index in [9.17, 15) is 4.79 Å². The molecule has 0 spiro atoms. The maximum atomic E-state index is 12.4. The van der Waals surface area contributed by atoms with Crippen LogP contribution in [0.5, 0.6) is 0 Å². The van der Waals surface area contributed by atoms with Crippen LogP contribution in [0.1, 0.15) is 21.5 Å². The predicted octanol–water partition coefficient (Wildman–Crippen LogP) is 1.51. The Bertz CT molecular complexity index is 692. The maximum absolute atomic E-state index is 12.4. The summed E-state index contributed by atoms with van der Waals surface area (Å²) in [5.41, 5.74) is 4.84. The lowest BCUT2D eigenvalue weighted by Crippen LogP contribution is -2.27. The third-order valence-corrected chi connectivity index (χ3v) is 3.03. The van der Waals surface area contributed by atoms with Crippen LogP contribution in [0.25, 0.3) is 0 Å². The van der Waals surface area contributed by atoms with Crippen LogP contribution in [0.15, 0.2) is 42.7 Å². The Morgan fingerprint density at radius 1 is 1.48 bits per heavy atom. The van der Waals surface area contributed by atoms with E-state index in [1.54, 1.807) is 36.2 Å². The number of anilines is 1. The second kappa shape index (κ2) is 6.50. The first kappa shape index (κ1) is 14.5. The van der Waals surface area contributed by atoms with Crippen molar-refractivity contribution in [1.82, 2.24) is 9.88 Å². The topological polar surface area (TPSA) is 95.0 Å². The number of nitrogens with one attached hydrogen (secondary N) is 1. The molecule has 1 heterocycles. The molecule has 2 rings (SSSR count). The molecule has 1 amide bonds. The summed E-state index contributed by atoms with van der Waals surface area (Å²) in [5.74, 6) is 5.21. The maximum Gasteiger partial charge on any atom is 0.256 e. The number of hydrogen-bond acceptors (Lipinski definition) is 5. The van der Waals surface area contributed by atoms with Crippen molar-refractivity contribution in [3.05, 3.63) is 59.4 Å². The zero-order valence-corrected chi connectivity index (χ0v) is 11.6. The minimum absolute atomic E-state index is 0.173. The highest BCUT2D eigenvalue weighted by Gasteiger charge is 2.15. The van der Waals surface area contributed by atoms with Crippen molar-refractivity contribution in [3.8, 4) is 6.07 Å². The fraction of sp³-hybridized carbons (Fsp3) is 0.133. The van der Waals surface area contributed by atoms with Gasteiger partial charge in [-0.15, -0.1) is 0 Å². The molecule has 0 atom stereocenters. The molecule has 3 N–H and O–H groups in total. The summed E-state index contributed by atoms with van der Waals surface area (Å²) in [6, 6.07) is 10.9. The summed E-state index contributed by atoms with van der Waals surface area (Å²) >= 11 is 0. The molecular weight excluding hydrogens is 266 g/mol. The number of benzene rings is 1. The molecule has 0 saturated heterocycles. The molecule has 2 aromatic rings. The van der Waals surface area contributed by atoms with Gasteiger partial charge in [0, 0.05) is 19.8 Å². The third-order valence-electron chi connectivity index (χ3n) is 3.03. The van der Waals surface area contributed by atoms with Gasteiger partial charge in [-0.3, -0.25) is 15.6 Å². The molecule has 0 radical (unpaired) electrons. The van der Waals surface area contributed by atoms with Gasteiger partial charge in [0.25, 0.3) is 5.91 Å². The van der Waals surface area contributed by atoms with Gasteiger partial charge < -0.3 is 10.3 Å². The molecule has 0 fully saturated rings. The monoisotopic (exact) mass is 281 g/mol. The minimum Gasteiger partial charge on any atom is -0.337 e. The Morgan fingerprint density at radius 3 is 3.00 bits per heavy atom. The lowest BCUT2D eigenvalue weighted by atomic mass is 10.1. The van der Waals surface area contributed by atoms with Crippen molar-refractivity contribution < 1.29 is 4.79 Å². The number of nitriles is 1. The Kier molecular flexibility index (Phi) is 4.49. The first-order valence-corrected chi connectivity index (χ1v) is 6.31. The van der Waals surface area contributed by atoms with Gasteiger partial charge in [-0.25, -0.2) is 0 Å². The molecule has 0 aliphatic heterocycles. The van der Waals surface area contributed by atoms with Crippen LogP contribution >= 0.6 is 0 Å². The van der Waals surface area contributed by atoms with Crippen LogP contribution in [0, 0.1) is 11.3 Å². The van der Waals surface area contributed by atoms with E-state index in [2.05, 4.69) is 16.5 Å². The second-order valence-electron chi connectivity index (χ2n) is 4.54. The normalized spacial score (nSPS) is 9.76. The van der Waals surface area contributed by atoms with Crippen LogP contribution < -0.4 is 11.3 Å². The van der Waals surface area contributed by atoms with Crippen molar-refractivity contribution in [2.24, 2.45) is 5.84 Å². The number of carbonyl (C=O) groups is 1. The highest BCUT2D eigenvalue weighted by Crippen LogP contribution is 2.16. The van der Waals surface area contributed by atoms with Crippen LogP contribution in [-0.4, -0.2) is 22.8 Å². The van der Waals surface area contributed by atoms with Crippen molar-refractivity contribution in [1.29, 1.82) is 5.26 Å². The fourth-order valence-corrected chi connectivity index (χ4v) is 1.99. The van der Waals surface area contributed by atoms with E-state index >= 15 is 0 Å². The first-order chi connectivity index (χ1) is 10.2. The number of pyridine rings is 1. The molecule has 106 valence electrons. The first-order valence-electron chi connectivity index (χ1n) is 6.31. The summed E-state index contributed by atoms with van der Waals surface area (Å²) in [7, 11) is 1.70. The number of aromatic nitrogens is 1. The van der Waals surface area contributed by atoms with E-state index in [4.69, 9.17) is 11.1 Å². The van der Waals surface area contributed by atoms with Gasteiger partial charge in [-0.1, -0.05) is 12.1 Å². The smallest absolute Gasteiger partial charge is 0.256 e. The number of nitrogens with two attached hydrogens (primary N) is 1. The van der Waals surface area contributed by atoms with E-state index in [1.165, 1.54) is 12.4 Å².